The van der Waals surface area contributed by atoms with Crippen molar-refractivity contribution in [1.82, 2.24) is 5.48 Å². The summed E-state index contributed by atoms with van der Waals surface area (Å²) < 4.78 is 28.1. The fourth-order valence-corrected chi connectivity index (χ4v) is 4.22. The summed E-state index contributed by atoms with van der Waals surface area (Å²) in [7, 11) is -3.72. The number of carbonyl (C=O) groups is 1. The van der Waals surface area contributed by atoms with Crippen LogP contribution in [0.15, 0.2) is 71.2 Å². The normalized spacial score (nSPS) is 12.1. The van der Waals surface area contributed by atoms with Crippen molar-refractivity contribution >= 4 is 33.4 Å². The van der Waals surface area contributed by atoms with Crippen LogP contribution >= 0.6 is 0 Å². The molecule has 0 aliphatic carbocycles. The highest BCUT2D eigenvalue weighted by Crippen LogP contribution is 2.22. The van der Waals surface area contributed by atoms with Crippen LogP contribution in [0.3, 0.4) is 0 Å². The zero-order chi connectivity index (χ0) is 23.6. The lowest BCUT2D eigenvalue weighted by molar-refractivity contribution is -0.124. The maximum atomic E-state index is 12.8. The third-order valence-electron chi connectivity index (χ3n) is 4.66. The van der Waals surface area contributed by atoms with Crippen LogP contribution in [0.25, 0.3) is 6.08 Å². The molecule has 2 aromatic carbocycles. The van der Waals surface area contributed by atoms with E-state index < -0.39 is 15.9 Å². The molecule has 0 saturated heterocycles. The number of allylic oxidation sites excluding steroid dienone is 2. The van der Waals surface area contributed by atoms with Gasteiger partial charge in [0, 0.05) is 30.5 Å². The Bertz CT molecular complexity index is 1040. The fourth-order valence-electron chi connectivity index (χ4n) is 3.16. The van der Waals surface area contributed by atoms with Gasteiger partial charge in [-0.2, -0.15) is 0 Å². The van der Waals surface area contributed by atoms with E-state index in [2.05, 4.69) is 23.5 Å². The predicted octanol–water partition coefficient (Wildman–Crippen LogP) is 4.58. The highest BCUT2D eigenvalue weighted by atomic mass is 32.2. The summed E-state index contributed by atoms with van der Waals surface area (Å²) in [6.07, 6.45) is 6.63. The number of nitrogens with zero attached hydrogens (tertiary/aromatic N) is 1. The van der Waals surface area contributed by atoms with Gasteiger partial charge in [-0.25, -0.2) is 13.9 Å². The molecule has 0 bridgehead atoms. The van der Waals surface area contributed by atoms with Gasteiger partial charge < -0.3 is 4.90 Å². The molecule has 0 heterocycles. The molecular formula is C24H31N3O4S. The maximum Gasteiger partial charge on any atom is 0.267 e. The number of nitrogens with one attached hydrogen (secondary N) is 2. The lowest BCUT2D eigenvalue weighted by atomic mass is 10.1. The Kier molecular flexibility index (Phi) is 9.49. The van der Waals surface area contributed by atoms with Crippen molar-refractivity contribution in [1.29, 1.82) is 0 Å². The van der Waals surface area contributed by atoms with Crippen LogP contribution in [-0.4, -0.2) is 32.6 Å². The lowest BCUT2D eigenvalue weighted by Gasteiger charge is -2.24. The van der Waals surface area contributed by atoms with Crippen molar-refractivity contribution in [2.24, 2.45) is 0 Å². The summed E-state index contributed by atoms with van der Waals surface area (Å²) in [5.74, 6) is -0.623. The highest BCUT2D eigenvalue weighted by Gasteiger charge is 2.14. The molecule has 0 radical (unpaired) electrons. The zero-order valence-corrected chi connectivity index (χ0v) is 19.5. The van der Waals surface area contributed by atoms with Gasteiger partial charge in [0.2, 0.25) is 0 Å². The van der Waals surface area contributed by atoms with Crippen LogP contribution in [-0.2, 0) is 14.8 Å². The Morgan fingerprint density at radius 3 is 2.09 bits per heavy atom. The van der Waals surface area contributed by atoms with E-state index in [1.807, 2.05) is 12.1 Å². The van der Waals surface area contributed by atoms with Gasteiger partial charge in [0.15, 0.2) is 0 Å². The molecule has 0 unspecified atom stereocenters. The average Bonchev–Trinajstić information content (AvgIpc) is 2.78. The summed E-state index contributed by atoms with van der Waals surface area (Å²) >= 11 is 0. The minimum absolute atomic E-state index is 0.158. The first-order valence-electron chi connectivity index (χ1n) is 10.6. The number of rotatable bonds is 11. The molecule has 0 aliphatic rings. The predicted molar refractivity (Wildman–Crippen MR) is 129 cm³/mol. The monoisotopic (exact) mass is 457 g/mol. The molecule has 2 aromatic rings. The van der Waals surface area contributed by atoms with Crippen LogP contribution in [0.2, 0.25) is 0 Å². The smallest absolute Gasteiger partial charge is 0.267 e. The Morgan fingerprint density at radius 1 is 0.969 bits per heavy atom. The van der Waals surface area contributed by atoms with Gasteiger partial charge in [-0.3, -0.25) is 14.7 Å². The van der Waals surface area contributed by atoms with Crippen molar-refractivity contribution < 1.29 is 18.4 Å². The topological polar surface area (TPSA) is 98.7 Å². The summed E-state index contributed by atoms with van der Waals surface area (Å²) in [6.45, 7) is 7.99. The number of hydrogen-bond acceptors (Lipinski definition) is 5. The molecule has 2 rings (SSSR count). The van der Waals surface area contributed by atoms with Gasteiger partial charge in [-0.1, -0.05) is 43.7 Å². The van der Waals surface area contributed by atoms with Crippen LogP contribution in [0.5, 0.6) is 0 Å². The Hall–Kier alpha value is -3.10. The first-order valence-corrected chi connectivity index (χ1v) is 12.1. The maximum absolute atomic E-state index is 12.8. The first kappa shape index (κ1) is 25.2. The van der Waals surface area contributed by atoms with Crippen molar-refractivity contribution in [3.63, 3.8) is 0 Å². The molecule has 0 spiro atoms. The van der Waals surface area contributed by atoms with Crippen molar-refractivity contribution in [3.8, 4) is 0 Å². The van der Waals surface area contributed by atoms with Crippen molar-refractivity contribution in [2.45, 2.75) is 38.5 Å². The van der Waals surface area contributed by atoms with Crippen LogP contribution in [0.1, 0.15) is 39.2 Å². The van der Waals surface area contributed by atoms with E-state index in [0.717, 1.165) is 42.8 Å². The Balaban J connectivity index is 2.10. The number of hydrogen-bond donors (Lipinski definition) is 3. The molecule has 8 heteroatoms. The summed E-state index contributed by atoms with van der Waals surface area (Å²) in [6, 6.07) is 13.9. The summed E-state index contributed by atoms with van der Waals surface area (Å²) in [4.78, 5) is 13.5. The zero-order valence-electron chi connectivity index (χ0n) is 18.7. The van der Waals surface area contributed by atoms with E-state index in [-0.39, 0.29) is 4.90 Å². The van der Waals surface area contributed by atoms with E-state index in [1.54, 1.807) is 43.3 Å². The summed E-state index contributed by atoms with van der Waals surface area (Å²) in [5, 5.41) is 8.50. The third kappa shape index (κ3) is 7.55. The van der Waals surface area contributed by atoms with Gasteiger partial charge in [-0.05, 0) is 61.7 Å². The highest BCUT2D eigenvalue weighted by molar-refractivity contribution is 7.92. The average molecular weight is 458 g/mol. The fraction of sp³-hybridized carbons (Fsp3) is 0.292. The molecule has 0 aliphatic heterocycles. The van der Waals surface area contributed by atoms with Gasteiger partial charge in [0.25, 0.3) is 15.9 Å². The quantitative estimate of drug-likeness (QED) is 0.199. The second-order valence-electron chi connectivity index (χ2n) is 7.41. The standard InChI is InChI=1S/C24H31N3O4S/c1-4-16-27(17-5-2)22-11-9-21(10-12-22)26-32(30,31)23-13-7-20(8-14-23)18-19(3)6-15-24(28)25-29/h6-15,18,26,29H,4-5,16-17H2,1-3H3,(H,25,28). The van der Waals surface area contributed by atoms with E-state index >= 15 is 0 Å². The Morgan fingerprint density at radius 2 is 1.56 bits per heavy atom. The number of amides is 1. The van der Waals surface area contributed by atoms with E-state index in [1.165, 1.54) is 23.7 Å². The lowest BCUT2D eigenvalue weighted by Crippen LogP contribution is -2.24. The molecule has 3 N–H and O–H groups in total. The van der Waals surface area contributed by atoms with Gasteiger partial charge >= 0.3 is 0 Å². The van der Waals surface area contributed by atoms with Gasteiger partial charge in [0.1, 0.15) is 0 Å². The Labute approximate surface area is 190 Å². The van der Waals surface area contributed by atoms with Crippen LogP contribution in [0, 0.1) is 0 Å². The molecule has 32 heavy (non-hydrogen) atoms. The SMILES string of the molecule is CCCN(CCC)c1ccc(NS(=O)(=O)c2ccc(C=C(C)C=CC(=O)NO)cc2)cc1. The molecule has 7 nitrogen and oxygen atoms in total. The third-order valence-corrected chi connectivity index (χ3v) is 6.06. The molecule has 0 saturated carbocycles. The second kappa shape index (κ2) is 12.1. The largest absolute Gasteiger partial charge is 0.372 e. The number of hydroxylamine groups is 1. The molecule has 172 valence electrons. The van der Waals surface area contributed by atoms with Crippen molar-refractivity contribution in [3.05, 3.63) is 71.8 Å². The molecule has 0 fully saturated rings. The first-order chi connectivity index (χ1) is 15.3. The van der Waals surface area contributed by atoms with E-state index in [9.17, 15) is 13.2 Å². The number of carbonyl (C=O) groups excluding carboxylic acids is 1. The van der Waals surface area contributed by atoms with Crippen molar-refractivity contribution in [2.75, 3.05) is 22.7 Å². The number of benzene rings is 2. The number of anilines is 2. The van der Waals surface area contributed by atoms with E-state index in [4.69, 9.17) is 5.21 Å². The molecule has 0 atom stereocenters. The molecular weight excluding hydrogens is 426 g/mol. The summed E-state index contributed by atoms with van der Waals surface area (Å²) in [5.41, 5.74) is 4.65. The van der Waals surface area contributed by atoms with Crippen LogP contribution < -0.4 is 15.1 Å². The second-order valence-corrected chi connectivity index (χ2v) is 9.09. The van der Waals surface area contributed by atoms with Gasteiger partial charge in [-0.15, -0.1) is 0 Å². The molecule has 1 amide bonds. The van der Waals surface area contributed by atoms with Gasteiger partial charge in [0.05, 0.1) is 4.90 Å². The van der Waals surface area contributed by atoms with Crippen LogP contribution in [0.4, 0.5) is 11.4 Å². The van der Waals surface area contributed by atoms with E-state index in [0.29, 0.717) is 5.69 Å². The minimum atomic E-state index is -3.72. The molecule has 0 aromatic heterocycles. The minimum Gasteiger partial charge on any atom is -0.372 e. The number of sulfonamides is 1.